The summed E-state index contributed by atoms with van der Waals surface area (Å²) >= 11 is 0. The zero-order valence-corrected chi connectivity index (χ0v) is 12.2. The standard InChI is InChI=1S/C15H32N2/c1-4-7-9-15(8-5-2)17-12-10-14(6-3)16-11-13-17/h14-16H,4-13H2,1-3H3. The Morgan fingerprint density at radius 1 is 1.12 bits per heavy atom. The second-order valence-corrected chi connectivity index (χ2v) is 5.47. The number of nitrogens with one attached hydrogen (secondary N) is 1. The molecule has 1 saturated heterocycles. The average Bonchev–Trinajstić information content (AvgIpc) is 2.59. The predicted molar refractivity (Wildman–Crippen MR) is 76.5 cm³/mol. The number of hydrogen-bond acceptors (Lipinski definition) is 2. The van der Waals surface area contributed by atoms with Gasteiger partial charge in [-0.3, -0.25) is 4.90 Å². The third kappa shape index (κ3) is 5.39. The largest absolute Gasteiger partial charge is 0.313 e. The van der Waals surface area contributed by atoms with Gasteiger partial charge in [0.25, 0.3) is 0 Å². The van der Waals surface area contributed by atoms with E-state index < -0.39 is 0 Å². The van der Waals surface area contributed by atoms with Gasteiger partial charge in [-0.25, -0.2) is 0 Å². The Hall–Kier alpha value is -0.0800. The van der Waals surface area contributed by atoms with E-state index in [-0.39, 0.29) is 0 Å². The van der Waals surface area contributed by atoms with E-state index in [1.165, 1.54) is 64.6 Å². The lowest BCUT2D eigenvalue weighted by atomic mass is 10.0. The van der Waals surface area contributed by atoms with Crippen molar-refractivity contribution < 1.29 is 0 Å². The number of unbranched alkanes of at least 4 members (excludes halogenated alkanes) is 1. The maximum absolute atomic E-state index is 3.67. The molecule has 2 unspecified atom stereocenters. The summed E-state index contributed by atoms with van der Waals surface area (Å²) in [7, 11) is 0. The first-order chi connectivity index (χ1) is 8.31. The van der Waals surface area contributed by atoms with E-state index in [1.807, 2.05) is 0 Å². The molecule has 1 aliphatic rings. The predicted octanol–water partition coefficient (Wildman–Crippen LogP) is 3.42. The van der Waals surface area contributed by atoms with Crippen LogP contribution in [-0.2, 0) is 0 Å². The molecule has 0 saturated carbocycles. The van der Waals surface area contributed by atoms with Gasteiger partial charge < -0.3 is 5.32 Å². The molecule has 1 aliphatic heterocycles. The van der Waals surface area contributed by atoms with Crippen molar-refractivity contribution in [2.24, 2.45) is 0 Å². The SMILES string of the molecule is CCCCC(CCC)N1CCNC(CC)CC1. The molecule has 0 radical (unpaired) electrons. The maximum atomic E-state index is 3.67. The van der Waals surface area contributed by atoms with E-state index >= 15 is 0 Å². The molecule has 0 aromatic carbocycles. The van der Waals surface area contributed by atoms with Crippen molar-refractivity contribution in [3.63, 3.8) is 0 Å². The van der Waals surface area contributed by atoms with Crippen LogP contribution in [0.4, 0.5) is 0 Å². The lowest BCUT2D eigenvalue weighted by Gasteiger charge is -2.30. The van der Waals surface area contributed by atoms with Crippen LogP contribution >= 0.6 is 0 Å². The number of nitrogens with zero attached hydrogens (tertiary/aromatic N) is 1. The minimum atomic E-state index is 0.758. The summed E-state index contributed by atoms with van der Waals surface area (Å²) in [5, 5.41) is 3.67. The molecule has 1 heterocycles. The van der Waals surface area contributed by atoms with Crippen molar-refractivity contribution in [1.29, 1.82) is 0 Å². The molecule has 17 heavy (non-hydrogen) atoms. The van der Waals surface area contributed by atoms with E-state index in [0.717, 1.165) is 12.1 Å². The minimum Gasteiger partial charge on any atom is -0.313 e. The fourth-order valence-corrected chi connectivity index (χ4v) is 2.94. The average molecular weight is 240 g/mol. The van der Waals surface area contributed by atoms with E-state index in [0.29, 0.717) is 0 Å². The fourth-order valence-electron chi connectivity index (χ4n) is 2.94. The van der Waals surface area contributed by atoms with Gasteiger partial charge in [0.1, 0.15) is 0 Å². The van der Waals surface area contributed by atoms with Crippen molar-refractivity contribution in [2.45, 2.75) is 77.8 Å². The van der Waals surface area contributed by atoms with Crippen LogP contribution in [0.1, 0.15) is 65.7 Å². The molecule has 1 fully saturated rings. The zero-order valence-electron chi connectivity index (χ0n) is 12.2. The lowest BCUT2D eigenvalue weighted by Crippen LogP contribution is -2.37. The zero-order chi connectivity index (χ0) is 12.5. The Kier molecular flexibility index (Phi) is 7.87. The highest BCUT2D eigenvalue weighted by atomic mass is 15.2. The molecule has 2 atom stereocenters. The minimum absolute atomic E-state index is 0.758. The van der Waals surface area contributed by atoms with Gasteiger partial charge >= 0.3 is 0 Å². The summed E-state index contributed by atoms with van der Waals surface area (Å²) in [5.74, 6) is 0. The van der Waals surface area contributed by atoms with E-state index in [4.69, 9.17) is 0 Å². The Bertz CT molecular complexity index is 182. The van der Waals surface area contributed by atoms with E-state index in [2.05, 4.69) is 31.0 Å². The second-order valence-electron chi connectivity index (χ2n) is 5.47. The van der Waals surface area contributed by atoms with E-state index in [1.54, 1.807) is 0 Å². The second kappa shape index (κ2) is 8.93. The Labute approximate surface area is 108 Å². The molecular weight excluding hydrogens is 208 g/mol. The summed E-state index contributed by atoms with van der Waals surface area (Å²) in [4.78, 5) is 2.75. The molecular formula is C15H32N2. The van der Waals surface area contributed by atoms with Crippen LogP contribution in [0.15, 0.2) is 0 Å². The molecule has 0 aliphatic carbocycles. The van der Waals surface area contributed by atoms with Crippen LogP contribution in [0.25, 0.3) is 0 Å². The molecule has 0 aromatic heterocycles. The van der Waals surface area contributed by atoms with Gasteiger partial charge in [0.2, 0.25) is 0 Å². The fraction of sp³-hybridized carbons (Fsp3) is 1.00. The van der Waals surface area contributed by atoms with Gasteiger partial charge in [0.15, 0.2) is 0 Å². The van der Waals surface area contributed by atoms with Crippen LogP contribution in [0, 0.1) is 0 Å². The molecule has 2 heteroatoms. The summed E-state index contributed by atoms with van der Waals surface area (Å²) in [5.41, 5.74) is 0. The molecule has 0 aromatic rings. The topological polar surface area (TPSA) is 15.3 Å². The van der Waals surface area contributed by atoms with Gasteiger partial charge in [0.05, 0.1) is 0 Å². The molecule has 0 spiro atoms. The monoisotopic (exact) mass is 240 g/mol. The van der Waals surface area contributed by atoms with Crippen LogP contribution in [-0.4, -0.2) is 36.6 Å². The van der Waals surface area contributed by atoms with Crippen molar-refractivity contribution in [3.05, 3.63) is 0 Å². The summed E-state index contributed by atoms with van der Waals surface area (Å²) in [6.07, 6.45) is 9.47. The summed E-state index contributed by atoms with van der Waals surface area (Å²) in [6.45, 7) is 10.7. The summed E-state index contributed by atoms with van der Waals surface area (Å²) in [6, 6.07) is 1.60. The van der Waals surface area contributed by atoms with Crippen molar-refractivity contribution in [2.75, 3.05) is 19.6 Å². The van der Waals surface area contributed by atoms with Crippen LogP contribution < -0.4 is 5.32 Å². The highest BCUT2D eigenvalue weighted by molar-refractivity contribution is 4.79. The van der Waals surface area contributed by atoms with Crippen LogP contribution in [0.2, 0.25) is 0 Å². The van der Waals surface area contributed by atoms with Gasteiger partial charge in [-0.05, 0) is 32.2 Å². The van der Waals surface area contributed by atoms with Crippen LogP contribution in [0.3, 0.4) is 0 Å². The first-order valence-electron chi connectivity index (χ1n) is 7.79. The molecule has 0 amide bonds. The third-order valence-corrected chi connectivity index (χ3v) is 4.12. The van der Waals surface area contributed by atoms with Crippen molar-refractivity contribution in [3.8, 4) is 0 Å². The molecule has 1 N–H and O–H groups in total. The van der Waals surface area contributed by atoms with Crippen molar-refractivity contribution in [1.82, 2.24) is 10.2 Å². The molecule has 0 bridgehead atoms. The number of hydrogen-bond donors (Lipinski definition) is 1. The van der Waals surface area contributed by atoms with Crippen molar-refractivity contribution >= 4 is 0 Å². The Balaban J connectivity index is 2.42. The van der Waals surface area contributed by atoms with Gasteiger partial charge in [-0.15, -0.1) is 0 Å². The molecule has 1 rings (SSSR count). The highest BCUT2D eigenvalue weighted by Crippen LogP contribution is 2.17. The van der Waals surface area contributed by atoms with Gasteiger partial charge in [-0.1, -0.05) is 40.0 Å². The maximum Gasteiger partial charge on any atom is 0.0110 e. The summed E-state index contributed by atoms with van der Waals surface area (Å²) < 4.78 is 0. The van der Waals surface area contributed by atoms with Gasteiger partial charge in [-0.2, -0.15) is 0 Å². The Morgan fingerprint density at radius 3 is 2.59 bits per heavy atom. The molecule has 2 nitrogen and oxygen atoms in total. The number of rotatable bonds is 7. The van der Waals surface area contributed by atoms with E-state index in [9.17, 15) is 0 Å². The smallest absolute Gasteiger partial charge is 0.0110 e. The Morgan fingerprint density at radius 2 is 1.94 bits per heavy atom. The highest BCUT2D eigenvalue weighted by Gasteiger charge is 2.21. The molecule has 102 valence electrons. The van der Waals surface area contributed by atoms with Gasteiger partial charge in [0, 0.05) is 25.2 Å². The first kappa shape index (κ1) is 15.0. The lowest BCUT2D eigenvalue weighted by molar-refractivity contribution is 0.183. The quantitative estimate of drug-likeness (QED) is 0.733. The third-order valence-electron chi connectivity index (χ3n) is 4.12. The van der Waals surface area contributed by atoms with Crippen LogP contribution in [0.5, 0.6) is 0 Å². The normalized spacial score (nSPS) is 24.5. The first-order valence-corrected chi connectivity index (χ1v) is 7.79.